The normalized spacial score (nSPS) is 10.8. The summed E-state index contributed by atoms with van der Waals surface area (Å²) in [6.45, 7) is 2.11. The number of hydrogen-bond donors (Lipinski definition) is 0. The summed E-state index contributed by atoms with van der Waals surface area (Å²) in [6.07, 6.45) is 3.86. The van der Waals surface area contributed by atoms with Crippen molar-refractivity contribution in [1.29, 1.82) is 0 Å². The van der Waals surface area contributed by atoms with E-state index in [9.17, 15) is 4.79 Å². The Kier molecular flexibility index (Phi) is 5.59. The summed E-state index contributed by atoms with van der Waals surface area (Å²) >= 11 is 5.05. The molecule has 1 aromatic heterocycles. The van der Waals surface area contributed by atoms with Crippen LogP contribution in [0.2, 0.25) is 0 Å². The van der Waals surface area contributed by atoms with Crippen LogP contribution in [-0.4, -0.2) is 19.7 Å². The number of thiophene rings is 1. The van der Waals surface area contributed by atoms with Crippen LogP contribution in [0.25, 0.3) is 12.2 Å². The highest BCUT2D eigenvalue weighted by molar-refractivity contribution is 9.11. The Labute approximate surface area is 136 Å². The number of methoxy groups -OCH3 is 1. The van der Waals surface area contributed by atoms with E-state index in [4.69, 9.17) is 9.47 Å². The molecule has 0 fully saturated rings. The van der Waals surface area contributed by atoms with Gasteiger partial charge in [-0.05, 0) is 52.7 Å². The van der Waals surface area contributed by atoms with E-state index in [1.54, 1.807) is 31.4 Å². The topological polar surface area (TPSA) is 35.5 Å². The van der Waals surface area contributed by atoms with Gasteiger partial charge in [0.2, 0.25) is 0 Å². The number of halogens is 1. The standard InChI is InChI=1S/C16H15BrO3S/c1-3-20-16(18)15-11(5-4-6-13(15)19-2)7-8-12-9-10-14(17)21-12/h4-10H,3H2,1-2H3. The molecule has 0 radical (unpaired) electrons. The Morgan fingerprint density at radius 2 is 2.10 bits per heavy atom. The fourth-order valence-corrected chi connectivity index (χ4v) is 3.19. The van der Waals surface area contributed by atoms with Crippen molar-refractivity contribution in [3.63, 3.8) is 0 Å². The molecular weight excluding hydrogens is 352 g/mol. The zero-order valence-corrected chi connectivity index (χ0v) is 14.2. The van der Waals surface area contributed by atoms with E-state index in [2.05, 4.69) is 15.9 Å². The Morgan fingerprint density at radius 1 is 1.29 bits per heavy atom. The molecule has 110 valence electrons. The number of ether oxygens (including phenoxy) is 2. The van der Waals surface area contributed by atoms with Crippen molar-refractivity contribution in [3.8, 4) is 5.75 Å². The average molecular weight is 367 g/mol. The van der Waals surface area contributed by atoms with Gasteiger partial charge in [-0.15, -0.1) is 11.3 Å². The van der Waals surface area contributed by atoms with Crippen molar-refractivity contribution in [2.75, 3.05) is 13.7 Å². The third-order valence-corrected chi connectivity index (χ3v) is 4.37. The Hall–Kier alpha value is -1.59. The second kappa shape index (κ2) is 7.43. The van der Waals surface area contributed by atoms with Gasteiger partial charge < -0.3 is 9.47 Å². The second-order valence-corrected chi connectivity index (χ2v) is 6.61. The van der Waals surface area contributed by atoms with Crippen LogP contribution >= 0.6 is 27.3 Å². The summed E-state index contributed by atoms with van der Waals surface area (Å²) in [5, 5.41) is 0. The number of benzene rings is 1. The van der Waals surface area contributed by atoms with E-state index in [0.29, 0.717) is 17.9 Å². The third-order valence-electron chi connectivity index (χ3n) is 2.78. The highest BCUT2D eigenvalue weighted by atomic mass is 79.9. The molecule has 0 aliphatic rings. The predicted octanol–water partition coefficient (Wildman–Crippen LogP) is 4.87. The van der Waals surface area contributed by atoms with Gasteiger partial charge in [-0.2, -0.15) is 0 Å². The number of rotatable bonds is 5. The van der Waals surface area contributed by atoms with Gasteiger partial charge in [-0.3, -0.25) is 0 Å². The Balaban J connectivity index is 2.38. The first kappa shape index (κ1) is 15.8. The van der Waals surface area contributed by atoms with Crippen molar-refractivity contribution >= 4 is 45.4 Å². The number of esters is 1. The highest BCUT2D eigenvalue weighted by Gasteiger charge is 2.16. The van der Waals surface area contributed by atoms with Gasteiger partial charge in [-0.1, -0.05) is 18.2 Å². The van der Waals surface area contributed by atoms with Crippen molar-refractivity contribution in [2.45, 2.75) is 6.92 Å². The SMILES string of the molecule is CCOC(=O)c1c(C=Cc2ccc(Br)s2)cccc1OC. The van der Waals surface area contributed by atoms with Gasteiger partial charge >= 0.3 is 5.97 Å². The molecular formula is C16H15BrO3S. The molecule has 2 rings (SSSR count). The van der Waals surface area contributed by atoms with Crippen molar-refractivity contribution in [2.24, 2.45) is 0 Å². The van der Waals surface area contributed by atoms with E-state index in [1.807, 2.05) is 36.4 Å². The van der Waals surface area contributed by atoms with E-state index >= 15 is 0 Å². The highest BCUT2D eigenvalue weighted by Crippen LogP contribution is 2.27. The van der Waals surface area contributed by atoms with Crippen LogP contribution in [0.3, 0.4) is 0 Å². The minimum atomic E-state index is -0.373. The lowest BCUT2D eigenvalue weighted by atomic mass is 10.1. The lowest BCUT2D eigenvalue weighted by Gasteiger charge is -2.10. The van der Waals surface area contributed by atoms with Crippen molar-refractivity contribution in [3.05, 3.63) is 50.1 Å². The zero-order chi connectivity index (χ0) is 15.2. The molecule has 1 heterocycles. The molecule has 0 aliphatic carbocycles. The van der Waals surface area contributed by atoms with E-state index in [1.165, 1.54) is 0 Å². The van der Waals surface area contributed by atoms with Gasteiger partial charge in [0.15, 0.2) is 0 Å². The summed E-state index contributed by atoms with van der Waals surface area (Å²) < 4.78 is 11.4. The monoisotopic (exact) mass is 366 g/mol. The molecule has 0 spiro atoms. The van der Waals surface area contributed by atoms with Gasteiger partial charge in [0.05, 0.1) is 17.5 Å². The van der Waals surface area contributed by atoms with Crippen LogP contribution in [0.1, 0.15) is 27.7 Å². The van der Waals surface area contributed by atoms with Crippen LogP contribution in [0, 0.1) is 0 Å². The van der Waals surface area contributed by atoms with Gasteiger partial charge in [0, 0.05) is 4.88 Å². The largest absolute Gasteiger partial charge is 0.496 e. The fourth-order valence-electron chi connectivity index (χ4n) is 1.87. The molecule has 0 saturated heterocycles. The van der Waals surface area contributed by atoms with E-state index < -0.39 is 0 Å². The molecule has 0 aliphatic heterocycles. The van der Waals surface area contributed by atoms with Gasteiger partial charge in [0.1, 0.15) is 11.3 Å². The average Bonchev–Trinajstić information content (AvgIpc) is 2.90. The van der Waals surface area contributed by atoms with Crippen molar-refractivity contribution in [1.82, 2.24) is 0 Å². The van der Waals surface area contributed by atoms with E-state index in [-0.39, 0.29) is 5.97 Å². The lowest BCUT2D eigenvalue weighted by Crippen LogP contribution is -2.08. The number of hydrogen-bond acceptors (Lipinski definition) is 4. The molecule has 0 saturated carbocycles. The quantitative estimate of drug-likeness (QED) is 0.708. The molecule has 5 heteroatoms. The molecule has 3 nitrogen and oxygen atoms in total. The Bertz CT molecular complexity index is 661. The van der Waals surface area contributed by atoms with Crippen LogP contribution in [-0.2, 0) is 4.74 Å². The van der Waals surface area contributed by atoms with Gasteiger partial charge in [-0.25, -0.2) is 4.79 Å². The summed E-state index contributed by atoms with van der Waals surface area (Å²) in [5.41, 5.74) is 1.23. The summed E-state index contributed by atoms with van der Waals surface area (Å²) in [6, 6.07) is 9.47. The summed E-state index contributed by atoms with van der Waals surface area (Å²) in [7, 11) is 1.54. The summed E-state index contributed by atoms with van der Waals surface area (Å²) in [4.78, 5) is 13.2. The first-order chi connectivity index (χ1) is 10.2. The molecule has 0 N–H and O–H groups in total. The van der Waals surface area contributed by atoms with Crippen LogP contribution < -0.4 is 4.74 Å². The molecule has 0 bridgehead atoms. The Morgan fingerprint density at radius 3 is 2.71 bits per heavy atom. The fraction of sp³-hybridized carbons (Fsp3) is 0.188. The predicted molar refractivity (Wildman–Crippen MR) is 89.9 cm³/mol. The maximum absolute atomic E-state index is 12.1. The third kappa shape index (κ3) is 3.95. The van der Waals surface area contributed by atoms with Crippen LogP contribution in [0.5, 0.6) is 5.75 Å². The minimum absolute atomic E-state index is 0.331. The molecule has 0 unspecified atom stereocenters. The molecule has 1 aromatic carbocycles. The second-order valence-electron chi connectivity index (χ2n) is 4.12. The van der Waals surface area contributed by atoms with Crippen LogP contribution in [0.15, 0.2) is 34.1 Å². The minimum Gasteiger partial charge on any atom is -0.496 e. The van der Waals surface area contributed by atoms with Crippen LogP contribution in [0.4, 0.5) is 0 Å². The molecule has 21 heavy (non-hydrogen) atoms. The number of carbonyl (C=O) groups is 1. The molecule has 0 amide bonds. The lowest BCUT2D eigenvalue weighted by molar-refractivity contribution is 0.0522. The maximum Gasteiger partial charge on any atom is 0.342 e. The van der Waals surface area contributed by atoms with Gasteiger partial charge in [0.25, 0.3) is 0 Å². The zero-order valence-electron chi connectivity index (χ0n) is 11.8. The summed E-state index contributed by atoms with van der Waals surface area (Å²) in [5.74, 6) is 0.143. The smallest absolute Gasteiger partial charge is 0.342 e. The maximum atomic E-state index is 12.1. The molecule has 0 atom stereocenters. The first-order valence-corrected chi connectivity index (χ1v) is 8.04. The molecule has 2 aromatic rings. The van der Waals surface area contributed by atoms with Crippen molar-refractivity contribution < 1.29 is 14.3 Å². The van der Waals surface area contributed by atoms with E-state index in [0.717, 1.165) is 14.2 Å². The number of carbonyl (C=O) groups excluding carboxylic acids is 1. The first-order valence-electron chi connectivity index (χ1n) is 6.43.